The lowest BCUT2D eigenvalue weighted by Gasteiger charge is -2.26. The first-order valence-electron chi connectivity index (χ1n) is 10.7. The van der Waals surface area contributed by atoms with Gasteiger partial charge >= 0.3 is 0 Å². The van der Waals surface area contributed by atoms with Crippen LogP contribution in [0, 0.1) is 26.7 Å². The van der Waals surface area contributed by atoms with Gasteiger partial charge in [-0.2, -0.15) is 10.1 Å². The number of likely N-dealkylation sites (tertiary alicyclic amines) is 2. The fraction of sp³-hybridized carbons (Fsp3) is 0.478. The van der Waals surface area contributed by atoms with Crippen molar-refractivity contribution >= 4 is 5.91 Å². The summed E-state index contributed by atoms with van der Waals surface area (Å²) in [5.74, 6) is 1.60. The van der Waals surface area contributed by atoms with Crippen molar-refractivity contribution in [1.82, 2.24) is 29.7 Å². The minimum atomic E-state index is -0.338. The fourth-order valence-corrected chi connectivity index (χ4v) is 5.28. The molecule has 0 aliphatic carbocycles. The van der Waals surface area contributed by atoms with Gasteiger partial charge in [0, 0.05) is 62.5 Å². The number of carbonyl (C=O) groups excluding carboxylic acids is 1. The molecule has 0 saturated carbocycles. The second kappa shape index (κ2) is 7.30. The third kappa shape index (κ3) is 3.26. The topological polar surface area (TPSA) is 80.3 Å². The van der Waals surface area contributed by atoms with Crippen molar-refractivity contribution < 1.29 is 9.32 Å². The van der Waals surface area contributed by atoms with Gasteiger partial charge in [-0.15, -0.1) is 0 Å². The highest BCUT2D eigenvalue weighted by molar-refractivity contribution is 5.94. The van der Waals surface area contributed by atoms with Gasteiger partial charge in [0.1, 0.15) is 0 Å². The molecule has 1 aromatic carbocycles. The zero-order chi connectivity index (χ0) is 21.8. The number of benzene rings is 1. The Bertz CT molecular complexity index is 1120. The van der Waals surface area contributed by atoms with Crippen LogP contribution in [0.2, 0.25) is 0 Å². The third-order valence-corrected chi connectivity index (χ3v) is 6.98. The summed E-state index contributed by atoms with van der Waals surface area (Å²) in [6.45, 7) is 9.81. The minimum absolute atomic E-state index is 0.0658. The Morgan fingerprint density at radius 3 is 2.58 bits per heavy atom. The summed E-state index contributed by atoms with van der Waals surface area (Å²) < 4.78 is 7.64. The molecule has 8 nitrogen and oxygen atoms in total. The number of nitrogens with zero attached hydrogens (tertiary/aromatic N) is 6. The standard InChI is InChI=1S/C23H28N6O2/c1-15-20(16(2)27(4)25-15)12-28-10-19-11-29(21(30)18-8-6-5-7-9-18)14-23(19,13-28)22-24-17(3)26-31-22/h5-9,19H,10-14H2,1-4H3/t19-,23-/m0/s1. The van der Waals surface area contributed by atoms with E-state index in [0.29, 0.717) is 24.8 Å². The Kier molecular flexibility index (Phi) is 4.69. The van der Waals surface area contributed by atoms with Crippen LogP contribution in [0.3, 0.4) is 0 Å². The molecule has 162 valence electrons. The van der Waals surface area contributed by atoms with E-state index < -0.39 is 0 Å². The number of fused-ring (bicyclic) bond motifs is 1. The maximum absolute atomic E-state index is 13.2. The first-order chi connectivity index (χ1) is 14.9. The van der Waals surface area contributed by atoms with Crippen molar-refractivity contribution in [3.05, 3.63) is 64.6 Å². The predicted molar refractivity (Wildman–Crippen MR) is 115 cm³/mol. The highest BCUT2D eigenvalue weighted by Gasteiger charge is 2.57. The van der Waals surface area contributed by atoms with Gasteiger partial charge < -0.3 is 9.42 Å². The van der Waals surface area contributed by atoms with E-state index in [2.05, 4.69) is 34.0 Å². The van der Waals surface area contributed by atoms with Crippen LogP contribution in [-0.2, 0) is 19.0 Å². The summed E-state index contributed by atoms with van der Waals surface area (Å²) in [4.78, 5) is 22.2. The number of aromatic nitrogens is 4. The molecule has 2 saturated heterocycles. The SMILES string of the molecule is Cc1noc([C@]23CN(Cc4c(C)nn(C)c4C)C[C@H]2CN(C(=O)c2ccccc2)C3)n1. The molecule has 2 aliphatic rings. The van der Waals surface area contributed by atoms with Crippen LogP contribution in [0.25, 0.3) is 0 Å². The Morgan fingerprint density at radius 2 is 1.94 bits per heavy atom. The highest BCUT2D eigenvalue weighted by Crippen LogP contribution is 2.45. The molecule has 31 heavy (non-hydrogen) atoms. The molecular weight excluding hydrogens is 392 g/mol. The molecule has 0 spiro atoms. The molecule has 2 aromatic heterocycles. The summed E-state index contributed by atoms with van der Waals surface area (Å²) in [7, 11) is 1.99. The molecule has 0 radical (unpaired) electrons. The molecule has 2 aliphatic heterocycles. The van der Waals surface area contributed by atoms with Crippen molar-refractivity contribution in [1.29, 1.82) is 0 Å². The normalized spacial score (nSPS) is 23.5. The molecular formula is C23H28N6O2. The second-order valence-corrected chi connectivity index (χ2v) is 8.99. The van der Waals surface area contributed by atoms with Crippen molar-refractivity contribution in [3.8, 4) is 0 Å². The molecule has 0 N–H and O–H groups in total. The molecule has 8 heteroatoms. The van der Waals surface area contributed by atoms with Gasteiger partial charge in [0.05, 0.1) is 11.1 Å². The van der Waals surface area contributed by atoms with Crippen molar-refractivity contribution in [2.45, 2.75) is 32.7 Å². The van der Waals surface area contributed by atoms with Crippen molar-refractivity contribution in [3.63, 3.8) is 0 Å². The Hall–Kier alpha value is -3.00. The van der Waals surface area contributed by atoms with E-state index in [-0.39, 0.29) is 17.2 Å². The summed E-state index contributed by atoms with van der Waals surface area (Å²) >= 11 is 0. The molecule has 0 bridgehead atoms. The maximum Gasteiger partial charge on any atom is 0.253 e. The lowest BCUT2D eigenvalue weighted by atomic mass is 9.81. The van der Waals surface area contributed by atoms with Crippen LogP contribution in [0.15, 0.2) is 34.9 Å². The van der Waals surface area contributed by atoms with E-state index in [0.717, 1.165) is 30.9 Å². The fourth-order valence-electron chi connectivity index (χ4n) is 5.28. The third-order valence-electron chi connectivity index (χ3n) is 6.98. The summed E-state index contributed by atoms with van der Waals surface area (Å²) in [6.07, 6.45) is 0. The smallest absolute Gasteiger partial charge is 0.253 e. The van der Waals surface area contributed by atoms with Crippen LogP contribution >= 0.6 is 0 Å². The largest absolute Gasteiger partial charge is 0.339 e. The van der Waals surface area contributed by atoms with E-state index in [9.17, 15) is 4.79 Å². The van der Waals surface area contributed by atoms with Crippen LogP contribution in [0.4, 0.5) is 0 Å². The van der Waals surface area contributed by atoms with E-state index in [1.165, 1.54) is 11.3 Å². The Labute approximate surface area is 181 Å². The van der Waals surface area contributed by atoms with Gasteiger partial charge in [0.15, 0.2) is 5.82 Å². The number of hydrogen-bond donors (Lipinski definition) is 0. The van der Waals surface area contributed by atoms with Crippen LogP contribution in [0.1, 0.15) is 39.0 Å². The van der Waals surface area contributed by atoms with Crippen LogP contribution < -0.4 is 0 Å². The second-order valence-electron chi connectivity index (χ2n) is 8.99. The van der Waals surface area contributed by atoms with E-state index >= 15 is 0 Å². The van der Waals surface area contributed by atoms with Crippen molar-refractivity contribution in [2.75, 3.05) is 26.2 Å². The monoisotopic (exact) mass is 420 g/mol. The number of rotatable bonds is 4. The number of amides is 1. The molecule has 5 rings (SSSR count). The number of hydrogen-bond acceptors (Lipinski definition) is 6. The van der Waals surface area contributed by atoms with Crippen LogP contribution in [0.5, 0.6) is 0 Å². The average molecular weight is 421 g/mol. The quantitative estimate of drug-likeness (QED) is 0.644. The molecule has 2 fully saturated rings. The van der Waals surface area contributed by atoms with Gasteiger partial charge in [-0.05, 0) is 32.9 Å². The first kappa shape index (κ1) is 19.9. The molecule has 3 aromatic rings. The van der Waals surface area contributed by atoms with Gasteiger partial charge in [0.2, 0.25) is 5.89 Å². The van der Waals surface area contributed by atoms with E-state index in [4.69, 9.17) is 4.52 Å². The zero-order valence-corrected chi connectivity index (χ0v) is 18.5. The summed E-state index contributed by atoms with van der Waals surface area (Å²) in [6, 6.07) is 9.49. The van der Waals surface area contributed by atoms with E-state index in [1.807, 2.05) is 53.9 Å². The molecule has 4 heterocycles. The highest BCUT2D eigenvalue weighted by atomic mass is 16.5. The molecule has 1 amide bonds. The van der Waals surface area contributed by atoms with Gasteiger partial charge in [-0.1, -0.05) is 23.4 Å². The average Bonchev–Trinajstić information content (AvgIpc) is 3.48. The maximum atomic E-state index is 13.2. The molecule has 0 unspecified atom stereocenters. The van der Waals surface area contributed by atoms with E-state index in [1.54, 1.807) is 0 Å². The Morgan fingerprint density at radius 1 is 1.16 bits per heavy atom. The van der Waals surface area contributed by atoms with Gasteiger partial charge in [-0.3, -0.25) is 14.4 Å². The molecule has 2 atom stereocenters. The zero-order valence-electron chi connectivity index (χ0n) is 18.5. The van der Waals surface area contributed by atoms with Crippen LogP contribution in [-0.4, -0.2) is 61.8 Å². The van der Waals surface area contributed by atoms with Crippen molar-refractivity contribution in [2.24, 2.45) is 13.0 Å². The predicted octanol–water partition coefficient (Wildman–Crippen LogP) is 2.25. The summed E-state index contributed by atoms with van der Waals surface area (Å²) in [5.41, 5.74) is 3.92. The van der Waals surface area contributed by atoms with Gasteiger partial charge in [-0.25, -0.2) is 0 Å². The lowest BCUT2D eigenvalue weighted by molar-refractivity contribution is 0.0766. The lowest BCUT2D eigenvalue weighted by Crippen LogP contribution is -2.40. The number of aryl methyl sites for hydroxylation is 3. The summed E-state index contributed by atoms with van der Waals surface area (Å²) in [5, 5.41) is 8.63. The number of carbonyl (C=O) groups is 1. The first-order valence-corrected chi connectivity index (χ1v) is 10.7. The Balaban J connectivity index is 1.43. The van der Waals surface area contributed by atoms with Gasteiger partial charge in [0.25, 0.3) is 5.91 Å². The minimum Gasteiger partial charge on any atom is -0.339 e.